The third-order valence-electron chi connectivity index (χ3n) is 17.4. The molecule has 4 heterocycles. The Labute approximate surface area is 535 Å². The average Bonchev–Trinajstić information content (AvgIpc) is 1.65. The number of rotatable bonds is 31. The summed E-state index contributed by atoms with van der Waals surface area (Å²) in [5.74, 6) is -10.9. The predicted octanol–water partition coefficient (Wildman–Crippen LogP) is -3.01. The molecule has 0 bridgehead atoms. The van der Waals surface area contributed by atoms with Gasteiger partial charge in [0.25, 0.3) is 0 Å². The van der Waals surface area contributed by atoms with E-state index in [1.165, 1.54) is 41.7 Å². The summed E-state index contributed by atoms with van der Waals surface area (Å²) in [5, 5.41) is 66.0. The lowest BCUT2D eigenvalue weighted by Gasteiger charge is -2.31. The number of phenolic OH excluding ortho intramolecular Hbond substituents is 1. The van der Waals surface area contributed by atoms with Crippen LogP contribution in [0.15, 0.2) is 72.2 Å². The monoisotopic (exact) mass is 1290 g/mol. The van der Waals surface area contributed by atoms with Crippen LogP contribution in [0.3, 0.4) is 0 Å². The first kappa shape index (κ1) is 69.2. The molecule has 2 saturated carbocycles. The van der Waals surface area contributed by atoms with Crippen molar-refractivity contribution in [2.24, 2.45) is 40.1 Å². The number of aromatic nitrogens is 3. The zero-order valence-electron chi connectivity index (χ0n) is 51.7. The number of aliphatic carboxylic acids is 1. The number of aliphatic hydroxyl groups is 2. The number of carbonyl (C=O) groups is 11. The number of likely N-dealkylation sites (tertiary alicyclic amines) is 1. The number of nitrogens with zero attached hydrogens (tertiary/aromatic N) is 3. The molecule has 13 atom stereocenters. The second-order valence-electron chi connectivity index (χ2n) is 24.7. The third kappa shape index (κ3) is 18.8. The first-order chi connectivity index (χ1) is 44.4. The number of para-hydroxylation sites is 1. The summed E-state index contributed by atoms with van der Waals surface area (Å²) < 4.78 is 0. The van der Waals surface area contributed by atoms with E-state index >= 15 is 0 Å². The fourth-order valence-corrected chi connectivity index (χ4v) is 12.9. The highest BCUT2D eigenvalue weighted by molar-refractivity contribution is 5.99. The molecule has 2 aromatic carbocycles. The van der Waals surface area contributed by atoms with Gasteiger partial charge in [0.05, 0.1) is 25.0 Å². The Kier molecular flexibility index (Phi) is 23.9. The number of amides is 10. The van der Waals surface area contributed by atoms with Gasteiger partial charge in [0.2, 0.25) is 59.1 Å². The number of aromatic hydroxyl groups is 1. The van der Waals surface area contributed by atoms with E-state index in [2.05, 4.69) is 67.8 Å². The Morgan fingerprint density at radius 1 is 0.753 bits per heavy atom. The Morgan fingerprint density at radius 3 is 2.09 bits per heavy atom. The maximum absolute atomic E-state index is 15.0. The minimum atomic E-state index is -1.76. The van der Waals surface area contributed by atoms with Crippen LogP contribution in [0.5, 0.6) is 5.75 Å². The van der Waals surface area contributed by atoms with Gasteiger partial charge in [0.15, 0.2) is 5.96 Å². The lowest BCUT2D eigenvalue weighted by molar-refractivity contribution is -0.143. The topological polar surface area (TPSA) is 489 Å². The number of phenols is 1. The summed E-state index contributed by atoms with van der Waals surface area (Å²) in [6.45, 7) is 2.17. The summed E-state index contributed by atoms with van der Waals surface area (Å²) in [7, 11) is 0. The Balaban J connectivity index is 1.01. The van der Waals surface area contributed by atoms with Crippen molar-refractivity contribution in [2.75, 3.05) is 26.2 Å². The number of guanidine groups is 1. The molecule has 0 radical (unpaired) electrons. The van der Waals surface area contributed by atoms with Crippen LogP contribution in [0.2, 0.25) is 0 Å². The number of aliphatic hydroxyl groups excluding tert-OH is 2. The van der Waals surface area contributed by atoms with E-state index in [1.54, 1.807) is 30.5 Å². The standard InChI is InChI=1S/C62H84N16O15/c1-31(2)19-44(54(86)71-42(9-5-17-66-62(63)64)61(93)78-18-6-10-49(78)59(91)68-28-51(83)84)76-60(92)52-39-25-37(81)21-33(39)22-43(52)72-55(87)45(20-32-11-13-36(80)14-12-32)73-58(90)48(29-79)77-56(88)46(23-34-26-67-40-8-4-3-7-38(34)40)74-57(89)47(24-35-27-65-30-69-35)75-53(85)41-15-16-50(82)70-41/h3-4,7-8,11-14,26-27,30-31,33,37,39,41-49,52,67,79-81H,5-6,9-10,15-25,28-29H2,1-2H3,(H,65,69)(H,68,91)(H,70,82)(H,71,86)(H,72,87)(H,73,90)(H,74,89)(H,75,85)(H,76,92)(H,77,88)(H,83,84)(H4,63,64,66)/t33-,37-,39-,41+,42+,43-,44+,45+,46+,47+,48+,49+,52+/m1/s1. The van der Waals surface area contributed by atoms with Crippen LogP contribution in [0.4, 0.5) is 0 Å². The number of benzene rings is 2. The molecular weight excluding hydrogens is 1210 g/mol. The molecule has 4 fully saturated rings. The van der Waals surface area contributed by atoms with Crippen molar-refractivity contribution in [3.63, 3.8) is 0 Å². The van der Waals surface area contributed by atoms with Gasteiger partial charge in [-0.15, -0.1) is 0 Å². The zero-order valence-corrected chi connectivity index (χ0v) is 51.7. The Bertz CT molecular complexity index is 3370. The first-order valence-corrected chi connectivity index (χ1v) is 31.3. The summed E-state index contributed by atoms with van der Waals surface area (Å²) >= 11 is 0. The van der Waals surface area contributed by atoms with Gasteiger partial charge >= 0.3 is 5.97 Å². The Hall–Kier alpha value is -9.65. The van der Waals surface area contributed by atoms with E-state index < -0.39 is 145 Å². The summed E-state index contributed by atoms with van der Waals surface area (Å²) in [4.78, 5) is 168. The molecule has 2 aliphatic carbocycles. The van der Waals surface area contributed by atoms with Crippen molar-refractivity contribution >= 4 is 81.9 Å². The molecule has 0 spiro atoms. The van der Waals surface area contributed by atoms with E-state index in [0.29, 0.717) is 40.6 Å². The van der Waals surface area contributed by atoms with Crippen LogP contribution >= 0.6 is 0 Å². The van der Waals surface area contributed by atoms with E-state index in [4.69, 9.17) is 11.5 Å². The largest absolute Gasteiger partial charge is 0.508 e. The second kappa shape index (κ2) is 32.1. The number of hydrogen-bond acceptors (Lipinski definition) is 16. The van der Waals surface area contributed by atoms with Crippen LogP contribution in [0.1, 0.15) is 94.9 Å². The van der Waals surface area contributed by atoms with Crippen molar-refractivity contribution in [1.29, 1.82) is 0 Å². The van der Waals surface area contributed by atoms with Gasteiger partial charge in [0.1, 0.15) is 60.6 Å². The maximum Gasteiger partial charge on any atom is 0.322 e. The van der Waals surface area contributed by atoms with E-state index in [1.807, 2.05) is 13.8 Å². The molecule has 4 aromatic rings. The molecule has 31 heteroatoms. The van der Waals surface area contributed by atoms with Crippen LogP contribution in [0.25, 0.3) is 10.9 Å². The highest BCUT2D eigenvalue weighted by atomic mass is 16.4. The highest BCUT2D eigenvalue weighted by Crippen LogP contribution is 2.48. The van der Waals surface area contributed by atoms with Crippen molar-refractivity contribution in [2.45, 2.75) is 158 Å². The molecule has 8 rings (SSSR count). The van der Waals surface area contributed by atoms with Crippen LogP contribution < -0.4 is 59.3 Å². The molecule has 4 aliphatic rings. The van der Waals surface area contributed by atoms with Crippen molar-refractivity contribution in [3.8, 4) is 5.75 Å². The predicted molar refractivity (Wildman–Crippen MR) is 333 cm³/mol. The number of imidazole rings is 1. The number of fused-ring (bicyclic) bond motifs is 2. The third-order valence-corrected chi connectivity index (χ3v) is 17.4. The van der Waals surface area contributed by atoms with Gasteiger partial charge in [-0.25, -0.2) is 4.98 Å². The van der Waals surface area contributed by atoms with Gasteiger partial charge in [0, 0.05) is 73.8 Å². The zero-order chi connectivity index (χ0) is 67.0. The number of carbonyl (C=O) groups excluding carboxylic acids is 10. The van der Waals surface area contributed by atoms with E-state index in [9.17, 15) is 73.2 Å². The smallest absolute Gasteiger partial charge is 0.322 e. The van der Waals surface area contributed by atoms with Crippen molar-refractivity contribution < 1.29 is 73.2 Å². The molecule has 0 unspecified atom stereocenters. The number of nitrogens with one attached hydrogen (secondary N) is 11. The summed E-state index contributed by atoms with van der Waals surface area (Å²) in [6.07, 6.45) is 5.06. The summed E-state index contributed by atoms with van der Waals surface area (Å²) in [5.41, 5.74) is 13.3. The number of carboxylic acid groups (broad SMARTS) is 1. The van der Waals surface area contributed by atoms with Gasteiger partial charge in [-0.05, 0) is 105 Å². The molecule has 2 aromatic heterocycles. The molecule has 10 amide bonds. The van der Waals surface area contributed by atoms with Gasteiger partial charge in [-0.3, -0.25) is 57.7 Å². The highest BCUT2D eigenvalue weighted by Gasteiger charge is 2.53. The Morgan fingerprint density at radius 2 is 1.42 bits per heavy atom. The second-order valence-corrected chi connectivity index (χ2v) is 24.7. The fourth-order valence-electron chi connectivity index (χ4n) is 12.9. The number of H-pyrrole nitrogens is 2. The first-order valence-electron chi connectivity index (χ1n) is 31.3. The van der Waals surface area contributed by atoms with Crippen molar-refractivity contribution in [3.05, 3.63) is 84.1 Å². The average molecular weight is 1290 g/mol. The van der Waals surface area contributed by atoms with Crippen molar-refractivity contribution in [1.82, 2.24) is 67.7 Å². The SMILES string of the molecule is CC(C)C[C@H](NC(=O)[C@H]1[C@@H]2C[C@H](O)C[C@@H]2C[C@H]1NC(=O)[C@H](Cc1ccc(O)cc1)NC(=O)[C@H](CO)NC(=O)[C@H](Cc1c[nH]c2ccccc12)NC(=O)[C@H](Cc1cnc[nH]1)NC(=O)[C@@H]1CCC(=O)N1)C(=O)N[C@@H](CCCN=C(N)N)C(=O)N1CCC[C@H]1C(=O)NCC(=O)O. The number of aromatic amines is 2. The van der Waals surface area contributed by atoms with Crippen LogP contribution in [-0.2, 0) is 72.0 Å². The lowest BCUT2D eigenvalue weighted by atomic mass is 9.88. The molecule has 2 aliphatic heterocycles. The molecule has 93 heavy (non-hydrogen) atoms. The number of carboxylic acids is 1. The summed E-state index contributed by atoms with van der Waals surface area (Å²) in [6, 6.07) is 1.50. The fraction of sp³-hybridized carbons (Fsp3) is 0.532. The van der Waals surface area contributed by atoms with Gasteiger partial charge < -0.3 is 94.6 Å². The van der Waals surface area contributed by atoms with E-state index in [0.717, 1.165) is 0 Å². The molecular formula is C62H84N16O15. The van der Waals surface area contributed by atoms with Crippen LogP contribution in [0, 0.1) is 23.7 Å². The lowest BCUT2D eigenvalue weighted by Crippen LogP contribution is -2.61. The normalized spacial score (nSPS) is 21.8. The molecule has 31 nitrogen and oxygen atoms in total. The number of hydrogen-bond donors (Lipinski definition) is 17. The molecule has 19 N–H and O–H groups in total. The molecule has 2 saturated heterocycles. The maximum atomic E-state index is 15.0. The molecule has 502 valence electrons. The van der Waals surface area contributed by atoms with E-state index in [-0.39, 0.29) is 113 Å². The quantitative estimate of drug-likeness (QED) is 0.0136. The van der Waals surface area contributed by atoms with Crippen LogP contribution in [-0.4, -0.2) is 198 Å². The number of aliphatic imine (C=N–C) groups is 1. The van der Waals surface area contributed by atoms with Gasteiger partial charge in [-0.1, -0.05) is 44.2 Å². The minimum absolute atomic E-state index is 0.000852. The minimum Gasteiger partial charge on any atom is -0.508 e. The van der Waals surface area contributed by atoms with Gasteiger partial charge in [-0.2, -0.15) is 0 Å². The number of nitrogens with two attached hydrogens (primary N) is 2.